The molecule has 4 rings (SSSR count). The van der Waals surface area contributed by atoms with Crippen LogP contribution < -0.4 is 139 Å². The molecule has 0 saturated carbocycles. The summed E-state index contributed by atoms with van der Waals surface area (Å²) in [5.41, 5.74) is 0. The zero-order valence-corrected chi connectivity index (χ0v) is 31.9. The fourth-order valence-electron chi connectivity index (χ4n) is 2.08. The van der Waals surface area contributed by atoms with E-state index >= 15 is 0 Å². The second-order valence-electron chi connectivity index (χ2n) is 6.36. The smallest absolute Gasteiger partial charge is 0.546 e. The fraction of sp³-hybridized carbons (Fsp3) is 0.167. The second kappa shape index (κ2) is 35.4. The van der Waals surface area contributed by atoms with Crippen molar-refractivity contribution >= 4 is 23.9 Å². The molecule has 0 fully saturated rings. The third kappa shape index (κ3) is 28.1. The fourth-order valence-corrected chi connectivity index (χ4v) is 2.08. The summed E-state index contributed by atoms with van der Waals surface area (Å²) in [6.07, 6.45) is 20.1. The van der Waals surface area contributed by atoms with Crippen molar-refractivity contribution in [1.29, 1.82) is 0 Å². The molecular formula is C24H26Na4O15. The Morgan fingerprint density at radius 1 is 0.372 bits per heavy atom. The van der Waals surface area contributed by atoms with Gasteiger partial charge in [-0.1, -0.05) is 24.3 Å². The van der Waals surface area contributed by atoms with Crippen LogP contribution >= 0.6 is 0 Å². The summed E-state index contributed by atoms with van der Waals surface area (Å²) in [5.74, 6) is -4.85. The van der Waals surface area contributed by atoms with Gasteiger partial charge in [0.25, 0.3) is 0 Å². The summed E-state index contributed by atoms with van der Waals surface area (Å²) < 4.78 is 18.4. The van der Waals surface area contributed by atoms with Crippen LogP contribution in [0.3, 0.4) is 0 Å². The van der Waals surface area contributed by atoms with Gasteiger partial charge in [-0.25, -0.2) is 0 Å². The molecule has 0 aromatic heterocycles. The predicted octanol–water partition coefficient (Wildman–Crippen LogP) is -17.6. The summed E-state index contributed by atoms with van der Waals surface area (Å²) in [6.45, 7) is 0. The van der Waals surface area contributed by atoms with Gasteiger partial charge in [-0.2, -0.15) is 0 Å². The number of hydrogen-bond donors (Lipinski definition) is 0. The Bertz CT molecular complexity index is 860. The van der Waals surface area contributed by atoms with E-state index in [1.54, 1.807) is 48.6 Å². The molecule has 0 spiro atoms. The van der Waals surface area contributed by atoms with Gasteiger partial charge in [-0.15, -0.1) is 0 Å². The van der Waals surface area contributed by atoms with Gasteiger partial charge in [-0.05, 0) is 48.6 Å². The first-order chi connectivity index (χ1) is 17.2. The average Bonchev–Trinajstić information content (AvgIpc) is 2.92. The quantitative estimate of drug-likeness (QED) is 0.257. The third-order valence-electron chi connectivity index (χ3n) is 3.73. The van der Waals surface area contributed by atoms with E-state index in [1.807, 2.05) is 0 Å². The van der Waals surface area contributed by atoms with Crippen molar-refractivity contribution in [2.45, 2.75) is 24.4 Å². The van der Waals surface area contributed by atoms with Gasteiger partial charge in [0.1, 0.15) is 0 Å². The molecular weight excluding hydrogens is 620 g/mol. The predicted molar refractivity (Wildman–Crippen MR) is 123 cm³/mol. The number of allylic oxidation sites excluding steroid dienone is 8. The SMILES string of the molecule is O.O.O.O=C([O-])C1C=CC=CO1.O=C([O-])C1C=CC=CO1.O=C([O-])C1C=CC=CO1.O=C([O-])C1C=CC=CO1.[Na+].[Na+].[Na+].[Na+]. The van der Waals surface area contributed by atoms with Gasteiger partial charge < -0.3 is 75.0 Å². The molecule has 216 valence electrons. The van der Waals surface area contributed by atoms with Crippen molar-refractivity contribution in [3.63, 3.8) is 0 Å². The molecule has 4 unspecified atom stereocenters. The van der Waals surface area contributed by atoms with Crippen molar-refractivity contribution < 1.29 is 193 Å². The van der Waals surface area contributed by atoms with Gasteiger partial charge in [0.2, 0.25) is 0 Å². The number of rotatable bonds is 4. The molecule has 0 aromatic carbocycles. The van der Waals surface area contributed by atoms with Crippen LogP contribution in [-0.2, 0) is 38.1 Å². The molecule has 4 aliphatic rings. The number of aliphatic carboxylic acids is 4. The number of carbonyl (C=O) groups excluding carboxylic acids is 4. The summed E-state index contributed by atoms with van der Waals surface area (Å²) >= 11 is 0. The van der Waals surface area contributed by atoms with Crippen LogP contribution in [0.25, 0.3) is 0 Å². The van der Waals surface area contributed by atoms with Crippen LogP contribution in [0, 0.1) is 0 Å². The zero-order chi connectivity index (χ0) is 26.8. The van der Waals surface area contributed by atoms with Crippen LogP contribution in [0.2, 0.25) is 0 Å². The molecule has 4 heterocycles. The average molecular weight is 646 g/mol. The van der Waals surface area contributed by atoms with Crippen molar-refractivity contribution in [2.75, 3.05) is 0 Å². The minimum absolute atomic E-state index is 0. The van der Waals surface area contributed by atoms with Crippen LogP contribution in [-0.4, -0.2) is 64.7 Å². The van der Waals surface area contributed by atoms with Crippen molar-refractivity contribution in [3.05, 3.63) is 98.0 Å². The molecule has 4 atom stereocenters. The molecule has 0 bridgehead atoms. The number of ether oxygens (including phenoxy) is 4. The number of carboxylic acid groups (broad SMARTS) is 4. The zero-order valence-electron chi connectivity index (χ0n) is 23.9. The molecule has 15 nitrogen and oxygen atoms in total. The molecule has 0 aromatic rings. The molecule has 0 saturated heterocycles. The molecule has 4 aliphatic heterocycles. The molecule has 6 N–H and O–H groups in total. The Balaban J connectivity index is -0.0000000762. The minimum atomic E-state index is -1.21. The van der Waals surface area contributed by atoms with Crippen molar-refractivity contribution in [2.24, 2.45) is 0 Å². The first kappa shape index (κ1) is 57.5. The number of carbonyl (C=O) groups is 4. The van der Waals surface area contributed by atoms with E-state index in [1.165, 1.54) is 49.4 Å². The first-order valence-electron chi connectivity index (χ1n) is 10.0. The summed E-state index contributed by atoms with van der Waals surface area (Å²) in [6, 6.07) is 0. The van der Waals surface area contributed by atoms with E-state index < -0.39 is 48.3 Å². The summed E-state index contributed by atoms with van der Waals surface area (Å²) in [4.78, 5) is 40.1. The standard InChI is InChI=1S/4C6H6O3.4Na.3H2O/c4*7-6(8)5-3-1-2-4-9-5;;;;;;;/h4*1-5H,(H,7,8);;;;;3*1H2/q;;;;4*+1;;;/p-4. The van der Waals surface area contributed by atoms with E-state index in [2.05, 4.69) is 18.9 Å². The topological polar surface area (TPSA) is 292 Å². The van der Waals surface area contributed by atoms with E-state index in [4.69, 9.17) is 0 Å². The number of carboxylic acids is 4. The number of hydrogen-bond acceptors (Lipinski definition) is 12. The Morgan fingerprint density at radius 3 is 0.605 bits per heavy atom. The Morgan fingerprint density at radius 2 is 0.535 bits per heavy atom. The monoisotopic (exact) mass is 646 g/mol. The van der Waals surface area contributed by atoms with Crippen LogP contribution in [0.5, 0.6) is 0 Å². The largest absolute Gasteiger partial charge is 1.00 e. The maximum Gasteiger partial charge on any atom is 1.00 e. The second-order valence-corrected chi connectivity index (χ2v) is 6.36. The molecule has 0 radical (unpaired) electrons. The Labute approximate surface area is 335 Å². The van der Waals surface area contributed by atoms with Crippen LogP contribution in [0.15, 0.2) is 98.0 Å². The van der Waals surface area contributed by atoms with Gasteiger partial charge in [0.05, 0.1) is 48.9 Å². The normalized spacial score (nSPS) is 19.5. The van der Waals surface area contributed by atoms with Crippen LogP contribution in [0.1, 0.15) is 0 Å². The van der Waals surface area contributed by atoms with E-state index in [0.717, 1.165) is 0 Å². The van der Waals surface area contributed by atoms with Gasteiger partial charge in [-0.3, -0.25) is 0 Å². The Kier molecular flexibility index (Phi) is 47.3. The third-order valence-corrected chi connectivity index (χ3v) is 3.73. The molecule has 0 amide bonds. The van der Waals surface area contributed by atoms with E-state index in [9.17, 15) is 39.6 Å². The van der Waals surface area contributed by atoms with Crippen molar-refractivity contribution in [1.82, 2.24) is 0 Å². The van der Waals surface area contributed by atoms with Gasteiger partial charge in [0, 0.05) is 0 Å². The molecule has 43 heavy (non-hydrogen) atoms. The van der Waals surface area contributed by atoms with Crippen LogP contribution in [0.4, 0.5) is 0 Å². The molecule has 19 heteroatoms. The summed E-state index contributed by atoms with van der Waals surface area (Å²) in [5, 5.41) is 40.1. The Hall–Kier alpha value is -1.12. The van der Waals surface area contributed by atoms with E-state index in [-0.39, 0.29) is 135 Å². The van der Waals surface area contributed by atoms with Gasteiger partial charge in [0.15, 0.2) is 24.4 Å². The maximum atomic E-state index is 10.0. The molecule has 0 aliphatic carbocycles. The van der Waals surface area contributed by atoms with Gasteiger partial charge >= 0.3 is 118 Å². The van der Waals surface area contributed by atoms with Crippen molar-refractivity contribution in [3.8, 4) is 0 Å². The minimum Gasteiger partial charge on any atom is -0.546 e. The first-order valence-corrected chi connectivity index (χ1v) is 10.0. The maximum absolute atomic E-state index is 10.0. The summed E-state index contributed by atoms with van der Waals surface area (Å²) in [7, 11) is 0. The van der Waals surface area contributed by atoms with E-state index in [0.29, 0.717) is 0 Å².